The lowest BCUT2D eigenvalue weighted by molar-refractivity contribution is -0.136. The van der Waals surface area contributed by atoms with Crippen LogP contribution in [0.3, 0.4) is 0 Å². The highest BCUT2D eigenvalue weighted by molar-refractivity contribution is 6.25. The highest BCUT2D eigenvalue weighted by Gasteiger charge is 2.45. The molecule has 1 aromatic carbocycles. The number of hydrogen-bond donors (Lipinski definition) is 3. The van der Waals surface area contributed by atoms with Gasteiger partial charge in [-0.15, -0.1) is 0 Å². The Labute approximate surface area is 222 Å². The number of ether oxygens (including phenoxy) is 1. The van der Waals surface area contributed by atoms with Crippen molar-refractivity contribution in [3.63, 3.8) is 0 Å². The lowest BCUT2D eigenvalue weighted by Gasteiger charge is -2.33. The van der Waals surface area contributed by atoms with Crippen LogP contribution in [0, 0.1) is 0 Å². The zero-order valence-electron chi connectivity index (χ0n) is 22.3. The number of likely N-dealkylation sites (tertiary alicyclic amines) is 1. The number of amides is 5. The summed E-state index contributed by atoms with van der Waals surface area (Å²) in [5.41, 5.74) is 0.671. The number of nitrogens with one attached hydrogen (secondary N) is 3. The molecule has 2 saturated heterocycles. The van der Waals surface area contributed by atoms with E-state index in [2.05, 4.69) is 20.9 Å². The molecule has 0 bridgehead atoms. The number of anilines is 1. The fourth-order valence-corrected chi connectivity index (χ4v) is 5.12. The van der Waals surface area contributed by atoms with Crippen LogP contribution in [0.2, 0.25) is 0 Å². The average molecular weight is 528 g/mol. The molecule has 0 spiro atoms. The monoisotopic (exact) mass is 527 g/mol. The van der Waals surface area contributed by atoms with Crippen LogP contribution >= 0.6 is 0 Å². The molecule has 38 heavy (non-hydrogen) atoms. The number of fused-ring (bicyclic) bond motifs is 1. The third kappa shape index (κ3) is 6.50. The maximum atomic E-state index is 13.3. The van der Waals surface area contributed by atoms with Crippen molar-refractivity contribution in [1.82, 2.24) is 20.4 Å². The van der Waals surface area contributed by atoms with Crippen LogP contribution in [-0.2, 0) is 14.3 Å². The zero-order chi connectivity index (χ0) is 27.4. The molecule has 4 rings (SSSR count). The second kappa shape index (κ2) is 11.5. The lowest BCUT2D eigenvalue weighted by Crippen LogP contribution is -2.54. The molecule has 0 radical (unpaired) electrons. The number of rotatable bonds is 8. The summed E-state index contributed by atoms with van der Waals surface area (Å²) in [6.07, 6.45) is 3.44. The SMILES string of the molecule is CC(C)(C)OC(=O)NCCCCN1CCC(Nc2cccc3c2C(=O)N(C2CCC(=O)NC2=O)C3=O)CC1. The van der Waals surface area contributed by atoms with E-state index in [1.807, 2.05) is 20.8 Å². The average Bonchev–Trinajstić information content (AvgIpc) is 3.09. The standard InChI is InChI=1S/C27H37N5O6/c1-27(2,3)38-26(37)28-13-4-5-14-31-15-11-17(12-16-31)29-19-8-6-7-18-22(19)25(36)32(24(18)35)20-9-10-21(33)30-23(20)34/h6-8,17,20,29H,4-5,9-16H2,1-3H3,(H,28,37)(H,30,33,34). The van der Waals surface area contributed by atoms with Crippen molar-refractivity contribution in [1.29, 1.82) is 0 Å². The van der Waals surface area contributed by atoms with E-state index < -0.39 is 41.4 Å². The molecule has 3 N–H and O–H groups in total. The molecular weight excluding hydrogens is 490 g/mol. The third-order valence-electron chi connectivity index (χ3n) is 6.98. The van der Waals surface area contributed by atoms with Crippen molar-refractivity contribution < 1.29 is 28.7 Å². The normalized spacial score (nSPS) is 20.8. The maximum absolute atomic E-state index is 13.3. The van der Waals surface area contributed by atoms with Gasteiger partial charge >= 0.3 is 6.09 Å². The van der Waals surface area contributed by atoms with Crippen molar-refractivity contribution in [2.75, 3.05) is 31.5 Å². The molecular formula is C27H37N5O6. The van der Waals surface area contributed by atoms with Gasteiger partial charge in [-0.05, 0) is 71.6 Å². The van der Waals surface area contributed by atoms with E-state index in [1.54, 1.807) is 18.2 Å². The topological polar surface area (TPSA) is 137 Å². The van der Waals surface area contributed by atoms with Gasteiger partial charge < -0.3 is 20.3 Å². The fourth-order valence-electron chi connectivity index (χ4n) is 5.12. The summed E-state index contributed by atoms with van der Waals surface area (Å²) in [5.74, 6) is -2.01. The largest absolute Gasteiger partial charge is 0.444 e. The summed E-state index contributed by atoms with van der Waals surface area (Å²) in [6, 6.07) is 4.31. The highest BCUT2D eigenvalue weighted by atomic mass is 16.6. The molecule has 3 aliphatic rings. The number of imide groups is 2. The smallest absolute Gasteiger partial charge is 0.407 e. The van der Waals surface area contributed by atoms with Crippen LogP contribution in [-0.4, -0.2) is 83.4 Å². The van der Waals surface area contributed by atoms with E-state index in [9.17, 15) is 24.0 Å². The Morgan fingerprint density at radius 3 is 2.47 bits per heavy atom. The minimum Gasteiger partial charge on any atom is -0.444 e. The van der Waals surface area contributed by atoms with Crippen molar-refractivity contribution in [2.45, 2.75) is 77.0 Å². The highest BCUT2D eigenvalue weighted by Crippen LogP contribution is 2.33. The Kier molecular flexibility index (Phi) is 8.35. The Bertz CT molecular complexity index is 1110. The van der Waals surface area contributed by atoms with Gasteiger partial charge in [-0.25, -0.2) is 4.79 Å². The number of benzene rings is 1. The fraction of sp³-hybridized carbons (Fsp3) is 0.593. The summed E-state index contributed by atoms with van der Waals surface area (Å²) in [7, 11) is 0. The first-order chi connectivity index (χ1) is 18.0. The molecule has 11 heteroatoms. The molecule has 0 saturated carbocycles. The molecule has 3 heterocycles. The van der Waals surface area contributed by atoms with Gasteiger partial charge in [0, 0.05) is 37.8 Å². The van der Waals surface area contributed by atoms with Crippen LogP contribution in [0.15, 0.2) is 18.2 Å². The quantitative estimate of drug-likeness (QED) is 0.346. The van der Waals surface area contributed by atoms with E-state index in [0.717, 1.165) is 50.2 Å². The number of hydrogen-bond acceptors (Lipinski definition) is 8. The van der Waals surface area contributed by atoms with E-state index in [4.69, 9.17) is 4.74 Å². The van der Waals surface area contributed by atoms with E-state index in [0.29, 0.717) is 17.8 Å². The molecule has 0 aliphatic carbocycles. The van der Waals surface area contributed by atoms with E-state index in [-0.39, 0.29) is 24.4 Å². The predicted molar refractivity (Wildman–Crippen MR) is 140 cm³/mol. The Morgan fingerprint density at radius 1 is 1.05 bits per heavy atom. The number of piperidine rings is 2. The van der Waals surface area contributed by atoms with Gasteiger partial charge in [0.05, 0.1) is 11.1 Å². The van der Waals surface area contributed by atoms with Crippen molar-refractivity contribution >= 4 is 35.4 Å². The van der Waals surface area contributed by atoms with Gasteiger partial charge in [0.15, 0.2) is 0 Å². The molecule has 5 amide bonds. The summed E-state index contributed by atoms with van der Waals surface area (Å²) in [5, 5.41) is 8.47. The van der Waals surface area contributed by atoms with Gasteiger partial charge in [-0.1, -0.05) is 6.07 Å². The van der Waals surface area contributed by atoms with Gasteiger partial charge in [0.2, 0.25) is 11.8 Å². The van der Waals surface area contributed by atoms with Crippen LogP contribution in [0.25, 0.3) is 0 Å². The van der Waals surface area contributed by atoms with Gasteiger partial charge in [0.1, 0.15) is 11.6 Å². The Morgan fingerprint density at radius 2 is 1.79 bits per heavy atom. The van der Waals surface area contributed by atoms with Gasteiger partial charge in [0.25, 0.3) is 11.8 Å². The number of carbonyl (C=O) groups is 5. The molecule has 206 valence electrons. The minimum absolute atomic E-state index is 0.0910. The summed E-state index contributed by atoms with van der Waals surface area (Å²) < 4.78 is 5.24. The number of unbranched alkanes of at least 4 members (excludes halogenated alkanes) is 1. The van der Waals surface area contributed by atoms with Gasteiger partial charge in [-0.3, -0.25) is 29.4 Å². The maximum Gasteiger partial charge on any atom is 0.407 e. The first-order valence-electron chi connectivity index (χ1n) is 13.3. The van der Waals surface area contributed by atoms with Gasteiger partial charge in [-0.2, -0.15) is 0 Å². The lowest BCUT2D eigenvalue weighted by atomic mass is 10.0. The van der Waals surface area contributed by atoms with Crippen LogP contribution in [0.1, 0.15) is 80.0 Å². The van der Waals surface area contributed by atoms with Crippen LogP contribution < -0.4 is 16.0 Å². The summed E-state index contributed by atoms with van der Waals surface area (Å²) in [4.78, 5) is 65.3. The Hall–Kier alpha value is -3.47. The van der Waals surface area contributed by atoms with Crippen LogP contribution in [0.5, 0.6) is 0 Å². The van der Waals surface area contributed by atoms with Crippen molar-refractivity contribution in [3.05, 3.63) is 29.3 Å². The second-order valence-corrected chi connectivity index (χ2v) is 11.1. The molecule has 11 nitrogen and oxygen atoms in total. The molecule has 1 atom stereocenters. The number of carbonyl (C=O) groups excluding carboxylic acids is 5. The minimum atomic E-state index is -0.976. The Balaban J connectivity index is 1.25. The molecule has 1 unspecified atom stereocenters. The van der Waals surface area contributed by atoms with Crippen LogP contribution in [0.4, 0.5) is 10.5 Å². The van der Waals surface area contributed by atoms with Crippen molar-refractivity contribution in [2.24, 2.45) is 0 Å². The first kappa shape index (κ1) is 27.6. The third-order valence-corrected chi connectivity index (χ3v) is 6.98. The number of alkyl carbamates (subject to hydrolysis) is 1. The summed E-state index contributed by atoms with van der Waals surface area (Å²) >= 11 is 0. The first-order valence-corrected chi connectivity index (χ1v) is 13.3. The second-order valence-electron chi connectivity index (χ2n) is 11.1. The molecule has 1 aromatic rings. The molecule has 2 fully saturated rings. The molecule has 0 aromatic heterocycles. The summed E-state index contributed by atoms with van der Waals surface area (Å²) in [6.45, 7) is 8.84. The van der Waals surface area contributed by atoms with E-state index >= 15 is 0 Å². The van der Waals surface area contributed by atoms with Crippen molar-refractivity contribution in [3.8, 4) is 0 Å². The zero-order valence-corrected chi connectivity index (χ0v) is 22.3. The predicted octanol–water partition coefficient (Wildman–Crippen LogP) is 2.27. The van der Waals surface area contributed by atoms with E-state index in [1.165, 1.54) is 0 Å². The number of nitrogens with zero attached hydrogens (tertiary/aromatic N) is 2. The molecule has 3 aliphatic heterocycles.